The number of benzene rings is 2. The molecule has 0 saturated heterocycles. The third kappa shape index (κ3) is 7.28. The van der Waals surface area contributed by atoms with Gasteiger partial charge in [0, 0.05) is 12.5 Å². The molecule has 12 heteroatoms. The number of rotatable bonds is 10. The van der Waals surface area contributed by atoms with Gasteiger partial charge in [0.15, 0.2) is 5.69 Å². The van der Waals surface area contributed by atoms with E-state index < -0.39 is 41.3 Å². The van der Waals surface area contributed by atoms with E-state index in [0.717, 1.165) is 0 Å². The van der Waals surface area contributed by atoms with Gasteiger partial charge in [-0.3, -0.25) is 4.79 Å². The van der Waals surface area contributed by atoms with Gasteiger partial charge in [0.2, 0.25) is 0 Å². The molecule has 0 aliphatic carbocycles. The number of carbonyl (C=O) groups excluding carboxylic acids is 2. The molecule has 0 aliphatic rings. The summed E-state index contributed by atoms with van der Waals surface area (Å²) in [7, 11) is 2.96. The largest absolute Gasteiger partial charge is 0.496 e. The number of amides is 2. The number of carbonyl (C=O) groups is 3. The number of alkyl carbamates (subject to hydrolysis) is 1. The van der Waals surface area contributed by atoms with E-state index in [4.69, 9.17) is 14.2 Å². The van der Waals surface area contributed by atoms with E-state index in [1.165, 1.54) is 49.2 Å². The fourth-order valence-corrected chi connectivity index (χ4v) is 3.89. The van der Waals surface area contributed by atoms with Crippen molar-refractivity contribution in [2.45, 2.75) is 39.3 Å². The summed E-state index contributed by atoms with van der Waals surface area (Å²) < 4.78 is 31.3. The van der Waals surface area contributed by atoms with Crippen LogP contribution < -0.4 is 20.1 Å². The van der Waals surface area contributed by atoms with Crippen LogP contribution in [0.1, 0.15) is 38.2 Å². The molecule has 1 aromatic heterocycles. The summed E-state index contributed by atoms with van der Waals surface area (Å²) in [6, 6.07) is 10.7. The molecule has 214 valence electrons. The zero-order chi connectivity index (χ0) is 29.6. The van der Waals surface area contributed by atoms with Crippen molar-refractivity contribution in [3.05, 3.63) is 60.0 Å². The standard InChI is InChI=1S/C28H33FN4O7/c1-16(15-30-27(37)40-28(2,3)4)24(26(35)36)31-25(34)19-14-20(23-21(38-5)8-7-9-22(23)39-6)33(32-19)18-12-10-17(29)11-13-18/h7-14,16,24H,15H2,1-6H3,(H,30,37)(H,31,34)(H,35,36)/t16-,24?/m1/s1. The quantitative estimate of drug-likeness (QED) is 0.340. The van der Waals surface area contributed by atoms with E-state index in [1.54, 1.807) is 45.9 Å². The first-order valence-corrected chi connectivity index (χ1v) is 12.4. The molecule has 1 heterocycles. The molecule has 3 rings (SSSR count). The normalized spacial score (nSPS) is 12.7. The minimum atomic E-state index is -1.36. The van der Waals surface area contributed by atoms with Crippen LogP contribution in [0.15, 0.2) is 48.5 Å². The van der Waals surface area contributed by atoms with Crippen LogP contribution in [-0.2, 0) is 9.53 Å². The Morgan fingerprint density at radius 3 is 2.17 bits per heavy atom. The van der Waals surface area contributed by atoms with Gasteiger partial charge in [0.1, 0.15) is 29.0 Å². The summed E-state index contributed by atoms with van der Waals surface area (Å²) >= 11 is 0. The number of nitrogens with one attached hydrogen (secondary N) is 2. The number of ether oxygens (including phenoxy) is 3. The van der Waals surface area contributed by atoms with Crippen LogP contribution in [0.5, 0.6) is 11.5 Å². The van der Waals surface area contributed by atoms with E-state index >= 15 is 0 Å². The maximum absolute atomic E-state index is 13.7. The van der Waals surface area contributed by atoms with Crippen LogP contribution in [0.3, 0.4) is 0 Å². The van der Waals surface area contributed by atoms with Crippen molar-refractivity contribution in [2.24, 2.45) is 5.92 Å². The Labute approximate surface area is 231 Å². The van der Waals surface area contributed by atoms with Crippen LogP contribution in [0.4, 0.5) is 9.18 Å². The Balaban J connectivity index is 1.95. The SMILES string of the molecule is COc1cccc(OC)c1-c1cc(C(=O)NC(C(=O)O)[C@H](C)CNC(=O)OC(C)(C)C)nn1-c1ccc(F)cc1. The lowest BCUT2D eigenvalue weighted by molar-refractivity contribution is -0.140. The molecule has 1 unspecified atom stereocenters. The molecule has 40 heavy (non-hydrogen) atoms. The molecule has 0 spiro atoms. The summed E-state index contributed by atoms with van der Waals surface area (Å²) in [5.74, 6) is -2.37. The number of hydrogen-bond donors (Lipinski definition) is 3. The second kappa shape index (κ2) is 12.5. The molecule has 2 atom stereocenters. The first kappa shape index (κ1) is 29.9. The number of carboxylic acids is 1. The number of nitrogens with zero attached hydrogens (tertiary/aromatic N) is 2. The summed E-state index contributed by atoms with van der Waals surface area (Å²) in [6.45, 7) is 6.61. The first-order chi connectivity index (χ1) is 18.8. The fourth-order valence-electron chi connectivity index (χ4n) is 3.89. The lowest BCUT2D eigenvalue weighted by atomic mass is 10.0. The highest BCUT2D eigenvalue weighted by molar-refractivity contribution is 5.96. The predicted octanol–water partition coefficient (Wildman–Crippen LogP) is 4.04. The zero-order valence-corrected chi connectivity index (χ0v) is 23.1. The molecule has 0 radical (unpaired) electrons. The van der Waals surface area contributed by atoms with Crippen LogP contribution in [0.2, 0.25) is 0 Å². The van der Waals surface area contributed by atoms with Gasteiger partial charge < -0.3 is 30.0 Å². The average molecular weight is 557 g/mol. The van der Waals surface area contributed by atoms with Gasteiger partial charge >= 0.3 is 12.1 Å². The molecule has 0 saturated carbocycles. The molecule has 2 amide bonds. The van der Waals surface area contributed by atoms with Gasteiger partial charge in [-0.15, -0.1) is 0 Å². The van der Waals surface area contributed by atoms with Gasteiger partial charge in [-0.2, -0.15) is 5.10 Å². The van der Waals surface area contributed by atoms with E-state index in [9.17, 15) is 23.9 Å². The smallest absolute Gasteiger partial charge is 0.407 e. The second-order valence-corrected chi connectivity index (χ2v) is 9.99. The van der Waals surface area contributed by atoms with Crippen molar-refractivity contribution in [1.82, 2.24) is 20.4 Å². The van der Waals surface area contributed by atoms with Crippen molar-refractivity contribution in [1.29, 1.82) is 0 Å². The minimum Gasteiger partial charge on any atom is -0.496 e. The number of halogens is 1. The number of carboxylic acid groups (broad SMARTS) is 1. The topological polar surface area (TPSA) is 141 Å². The lowest BCUT2D eigenvalue weighted by Crippen LogP contribution is -2.49. The van der Waals surface area contributed by atoms with E-state index in [2.05, 4.69) is 15.7 Å². The monoisotopic (exact) mass is 556 g/mol. The van der Waals surface area contributed by atoms with Crippen molar-refractivity contribution in [3.63, 3.8) is 0 Å². The Bertz CT molecular complexity index is 1340. The Kier molecular flexibility index (Phi) is 9.35. The lowest BCUT2D eigenvalue weighted by Gasteiger charge is -2.23. The van der Waals surface area contributed by atoms with Crippen LogP contribution in [0.25, 0.3) is 16.9 Å². The van der Waals surface area contributed by atoms with Gasteiger partial charge in [-0.25, -0.2) is 18.7 Å². The average Bonchev–Trinajstić information content (AvgIpc) is 3.34. The summed E-state index contributed by atoms with van der Waals surface area (Å²) in [5.41, 5.74) is 0.475. The molecule has 0 bridgehead atoms. The minimum absolute atomic E-state index is 0.0696. The Morgan fingerprint density at radius 2 is 1.65 bits per heavy atom. The van der Waals surface area contributed by atoms with E-state index in [1.807, 2.05) is 0 Å². The van der Waals surface area contributed by atoms with E-state index in [-0.39, 0.29) is 12.2 Å². The third-order valence-corrected chi connectivity index (χ3v) is 5.79. The molecule has 0 aliphatic heterocycles. The molecule has 2 aromatic carbocycles. The maximum atomic E-state index is 13.7. The number of aliphatic carboxylic acids is 1. The second-order valence-electron chi connectivity index (χ2n) is 9.99. The van der Waals surface area contributed by atoms with Gasteiger partial charge in [-0.05, 0) is 63.2 Å². The van der Waals surface area contributed by atoms with Gasteiger partial charge in [0.25, 0.3) is 5.91 Å². The van der Waals surface area contributed by atoms with Crippen molar-refractivity contribution in [2.75, 3.05) is 20.8 Å². The highest BCUT2D eigenvalue weighted by atomic mass is 19.1. The van der Waals surface area contributed by atoms with Crippen molar-refractivity contribution >= 4 is 18.0 Å². The highest BCUT2D eigenvalue weighted by Crippen LogP contribution is 2.39. The van der Waals surface area contributed by atoms with Crippen LogP contribution in [0, 0.1) is 11.7 Å². The summed E-state index contributed by atoms with van der Waals surface area (Å²) in [6.07, 6.45) is -0.705. The number of hydrogen-bond acceptors (Lipinski definition) is 7. The summed E-state index contributed by atoms with van der Waals surface area (Å²) in [5, 5.41) is 19.2. The molecule has 3 N–H and O–H groups in total. The van der Waals surface area contributed by atoms with Crippen molar-refractivity contribution in [3.8, 4) is 28.4 Å². The zero-order valence-electron chi connectivity index (χ0n) is 23.1. The molecule has 3 aromatic rings. The highest BCUT2D eigenvalue weighted by Gasteiger charge is 2.30. The third-order valence-electron chi connectivity index (χ3n) is 5.79. The predicted molar refractivity (Wildman–Crippen MR) is 144 cm³/mol. The van der Waals surface area contributed by atoms with Gasteiger partial charge in [0.05, 0.1) is 31.2 Å². The number of methoxy groups -OCH3 is 2. The first-order valence-electron chi connectivity index (χ1n) is 12.4. The number of aromatic nitrogens is 2. The fraction of sp³-hybridized carbons (Fsp3) is 0.357. The van der Waals surface area contributed by atoms with Crippen LogP contribution in [-0.4, -0.2) is 65.3 Å². The maximum Gasteiger partial charge on any atom is 0.407 e. The van der Waals surface area contributed by atoms with Gasteiger partial charge in [-0.1, -0.05) is 13.0 Å². The molecule has 11 nitrogen and oxygen atoms in total. The molecular formula is C28H33FN4O7. The molecule has 0 fully saturated rings. The molecular weight excluding hydrogens is 523 g/mol. The van der Waals surface area contributed by atoms with E-state index in [0.29, 0.717) is 28.4 Å². The Morgan fingerprint density at radius 1 is 1.05 bits per heavy atom. The Hall–Kier alpha value is -4.61. The van der Waals surface area contributed by atoms with Crippen molar-refractivity contribution < 1.29 is 38.1 Å². The summed E-state index contributed by atoms with van der Waals surface area (Å²) in [4.78, 5) is 37.3. The van der Waals surface area contributed by atoms with Crippen LogP contribution >= 0.6 is 0 Å².